The first-order valence-corrected chi connectivity index (χ1v) is 11.6. The maximum atomic E-state index is 4.81. The van der Waals surface area contributed by atoms with Crippen LogP contribution in [-0.2, 0) is 13.1 Å². The zero-order chi connectivity index (χ0) is 24.2. The van der Waals surface area contributed by atoms with Gasteiger partial charge in [-0.2, -0.15) is 0 Å². The number of hydrogen-bond acceptors (Lipinski definition) is 6. The van der Waals surface area contributed by atoms with E-state index in [1.807, 2.05) is 94.6 Å². The van der Waals surface area contributed by atoms with Gasteiger partial charge in [-0.15, -0.1) is 10.2 Å². The molecule has 8 nitrogen and oxygen atoms in total. The molecule has 0 saturated carbocycles. The van der Waals surface area contributed by atoms with E-state index in [0.29, 0.717) is 24.5 Å². The van der Waals surface area contributed by atoms with Crippen LogP contribution in [0.1, 0.15) is 11.1 Å². The lowest BCUT2D eigenvalue weighted by atomic mass is 10.2. The Morgan fingerprint density at radius 2 is 0.806 bits per heavy atom. The summed E-state index contributed by atoms with van der Waals surface area (Å²) in [7, 11) is 0. The molecule has 0 saturated heterocycles. The largest absolute Gasteiger partial charge is 0.247 e. The molecule has 4 aromatic heterocycles. The van der Waals surface area contributed by atoms with Crippen molar-refractivity contribution in [3.05, 3.63) is 121 Å². The van der Waals surface area contributed by atoms with Crippen molar-refractivity contribution in [1.82, 2.24) is 40.0 Å². The smallest absolute Gasteiger partial charge is 0.131 e. The normalized spacial score (nSPS) is 11.0. The summed E-state index contributed by atoms with van der Waals surface area (Å²) in [6.07, 6.45) is 3.82. The molecular formula is C28H22N8. The third-order valence-electron chi connectivity index (χ3n) is 5.74. The number of nitrogens with zero attached hydrogens (tertiary/aromatic N) is 8. The number of benzene rings is 2. The summed E-state index contributed by atoms with van der Waals surface area (Å²) in [5.41, 5.74) is 6.75. The fraction of sp³-hybridized carbons (Fsp3) is 0.0714. The topological polar surface area (TPSA) is 87.2 Å². The molecule has 0 bridgehead atoms. The van der Waals surface area contributed by atoms with Crippen molar-refractivity contribution in [1.29, 1.82) is 0 Å². The second kappa shape index (κ2) is 9.71. The van der Waals surface area contributed by atoms with Gasteiger partial charge in [0.2, 0.25) is 0 Å². The van der Waals surface area contributed by atoms with Gasteiger partial charge in [-0.3, -0.25) is 0 Å². The molecule has 0 fully saturated rings. The molecule has 0 unspecified atom stereocenters. The highest BCUT2D eigenvalue weighted by molar-refractivity contribution is 5.64. The summed E-state index contributed by atoms with van der Waals surface area (Å²) in [4.78, 5) is 9.62. The van der Waals surface area contributed by atoms with Crippen LogP contribution in [0, 0.1) is 0 Å². The number of rotatable bonds is 7. The van der Waals surface area contributed by atoms with Crippen molar-refractivity contribution < 1.29 is 0 Å². The van der Waals surface area contributed by atoms with Crippen molar-refractivity contribution in [2.45, 2.75) is 13.1 Å². The molecule has 0 aliphatic heterocycles. The Kier molecular flexibility index (Phi) is 5.81. The molecular weight excluding hydrogens is 448 g/mol. The Labute approximate surface area is 207 Å². The van der Waals surface area contributed by atoms with Crippen LogP contribution in [0.25, 0.3) is 34.2 Å². The molecule has 0 aliphatic rings. The Bertz CT molecular complexity index is 1470. The quantitative estimate of drug-likeness (QED) is 0.334. The van der Waals surface area contributed by atoms with E-state index in [1.54, 1.807) is 0 Å². The Morgan fingerprint density at radius 3 is 1.22 bits per heavy atom. The maximum Gasteiger partial charge on any atom is 0.131 e. The van der Waals surface area contributed by atoms with E-state index in [9.17, 15) is 0 Å². The van der Waals surface area contributed by atoms with E-state index in [1.165, 1.54) is 0 Å². The van der Waals surface area contributed by atoms with Crippen LogP contribution in [0.2, 0.25) is 0 Å². The third kappa shape index (κ3) is 4.78. The van der Waals surface area contributed by atoms with E-state index >= 15 is 0 Å². The van der Waals surface area contributed by atoms with Crippen LogP contribution in [0.3, 0.4) is 0 Å². The first kappa shape index (κ1) is 21.5. The first-order chi connectivity index (χ1) is 17.8. The highest BCUT2D eigenvalue weighted by Gasteiger charge is 2.11. The fourth-order valence-electron chi connectivity index (χ4n) is 3.97. The number of pyridine rings is 2. The lowest BCUT2D eigenvalue weighted by Gasteiger charge is -2.04. The SMILES string of the molecule is c1ccc(Cn2cc(-c3cccc(-c4cccc(-c5cn(Cc6ccccc6)nn5)n4)n3)nn2)cc1. The van der Waals surface area contributed by atoms with Crippen molar-refractivity contribution in [2.24, 2.45) is 0 Å². The molecule has 8 heteroatoms. The van der Waals surface area contributed by atoms with Gasteiger partial charge < -0.3 is 0 Å². The van der Waals surface area contributed by atoms with E-state index < -0.39 is 0 Å². The molecule has 0 aliphatic carbocycles. The molecule has 6 aromatic rings. The van der Waals surface area contributed by atoms with Crippen LogP contribution in [0.5, 0.6) is 0 Å². The molecule has 0 amide bonds. The highest BCUT2D eigenvalue weighted by Crippen LogP contribution is 2.23. The van der Waals surface area contributed by atoms with Crippen molar-refractivity contribution in [3.8, 4) is 34.2 Å². The highest BCUT2D eigenvalue weighted by atomic mass is 15.4. The van der Waals surface area contributed by atoms with E-state index in [-0.39, 0.29) is 0 Å². The summed E-state index contributed by atoms with van der Waals surface area (Å²) >= 11 is 0. The molecule has 0 radical (unpaired) electrons. The molecule has 4 heterocycles. The van der Waals surface area contributed by atoms with Gasteiger partial charge in [0, 0.05) is 0 Å². The fourth-order valence-corrected chi connectivity index (χ4v) is 3.97. The summed E-state index contributed by atoms with van der Waals surface area (Å²) in [5.74, 6) is 0. The minimum absolute atomic E-state index is 0.655. The second-order valence-corrected chi connectivity index (χ2v) is 8.39. The molecule has 0 spiro atoms. The van der Waals surface area contributed by atoms with Crippen molar-refractivity contribution >= 4 is 0 Å². The predicted octanol–water partition coefficient (Wildman–Crippen LogP) is 4.76. The molecule has 0 atom stereocenters. The van der Waals surface area contributed by atoms with Crippen molar-refractivity contribution in [2.75, 3.05) is 0 Å². The Hall–Kier alpha value is -4.98. The van der Waals surface area contributed by atoms with Gasteiger partial charge in [-0.25, -0.2) is 19.3 Å². The Balaban J connectivity index is 1.22. The monoisotopic (exact) mass is 470 g/mol. The van der Waals surface area contributed by atoms with Crippen LogP contribution in [-0.4, -0.2) is 40.0 Å². The molecule has 2 aromatic carbocycles. The predicted molar refractivity (Wildman–Crippen MR) is 137 cm³/mol. The zero-order valence-corrected chi connectivity index (χ0v) is 19.4. The standard InChI is InChI=1S/C28H22N8/c1-3-9-21(10-4-1)17-35-19-27(31-33-35)25-15-7-13-23(29-25)24-14-8-16-26(30-24)28-20-36(34-32-28)18-22-11-5-2-6-12-22/h1-16,19-20H,17-18H2. The number of aromatic nitrogens is 8. The minimum atomic E-state index is 0.655. The van der Waals surface area contributed by atoms with E-state index in [0.717, 1.165) is 33.9 Å². The average molecular weight is 471 g/mol. The Morgan fingerprint density at radius 1 is 0.417 bits per heavy atom. The average Bonchev–Trinajstić information content (AvgIpc) is 3.60. The van der Waals surface area contributed by atoms with Crippen LogP contribution in [0.15, 0.2) is 109 Å². The minimum Gasteiger partial charge on any atom is -0.247 e. The maximum absolute atomic E-state index is 4.81. The summed E-state index contributed by atoms with van der Waals surface area (Å²) in [6, 6.07) is 32.0. The zero-order valence-electron chi connectivity index (χ0n) is 19.4. The molecule has 0 N–H and O–H groups in total. The van der Waals surface area contributed by atoms with Gasteiger partial charge in [0.1, 0.15) is 11.4 Å². The first-order valence-electron chi connectivity index (χ1n) is 11.6. The summed E-state index contributed by atoms with van der Waals surface area (Å²) < 4.78 is 3.63. The van der Waals surface area contributed by atoms with Crippen LogP contribution >= 0.6 is 0 Å². The summed E-state index contributed by atoms with van der Waals surface area (Å²) in [6.45, 7) is 1.31. The number of hydrogen-bond donors (Lipinski definition) is 0. The second-order valence-electron chi connectivity index (χ2n) is 8.39. The molecule has 6 rings (SSSR count). The third-order valence-corrected chi connectivity index (χ3v) is 5.74. The van der Waals surface area contributed by atoms with E-state index in [2.05, 4.69) is 44.9 Å². The van der Waals surface area contributed by atoms with Gasteiger partial charge in [-0.1, -0.05) is 83.2 Å². The van der Waals surface area contributed by atoms with Gasteiger partial charge in [0.05, 0.1) is 48.3 Å². The van der Waals surface area contributed by atoms with E-state index in [4.69, 9.17) is 9.97 Å². The lowest BCUT2D eigenvalue weighted by Crippen LogP contribution is -1.99. The van der Waals surface area contributed by atoms with Crippen LogP contribution < -0.4 is 0 Å². The molecule has 36 heavy (non-hydrogen) atoms. The van der Waals surface area contributed by atoms with Crippen molar-refractivity contribution in [3.63, 3.8) is 0 Å². The summed E-state index contributed by atoms with van der Waals surface area (Å²) in [5, 5.41) is 17.2. The van der Waals surface area contributed by atoms with Gasteiger partial charge in [0.15, 0.2) is 0 Å². The molecule has 174 valence electrons. The van der Waals surface area contributed by atoms with Gasteiger partial charge in [-0.05, 0) is 35.4 Å². The van der Waals surface area contributed by atoms with Gasteiger partial charge in [0.25, 0.3) is 0 Å². The van der Waals surface area contributed by atoms with Gasteiger partial charge >= 0.3 is 0 Å². The van der Waals surface area contributed by atoms with Crippen LogP contribution in [0.4, 0.5) is 0 Å². The lowest BCUT2D eigenvalue weighted by molar-refractivity contribution is 0.650.